The van der Waals surface area contributed by atoms with Crippen LogP contribution in [0.3, 0.4) is 0 Å². The van der Waals surface area contributed by atoms with Gasteiger partial charge in [0.05, 0.1) is 22.5 Å². The smallest absolute Gasteiger partial charge is 0.172 e. The molecule has 23 heavy (non-hydrogen) atoms. The molecule has 0 spiro atoms. The van der Waals surface area contributed by atoms with Crippen molar-refractivity contribution >= 4 is 28.1 Å². The number of thiophene rings is 1. The molecule has 4 nitrogen and oxygen atoms in total. The van der Waals surface area contributed by atoms with Gasteiger partial charge in [0, 0.05) is 12.0 Å². The van der Waals surface area contributed by atoms with E-state index >= 15 is 0 Å². The van der Waals surface area contributed by atoms with Gasteiger partial charge in [-0.3, -0.25) is 0 Å². The van der Waals surface area contributed by atoms with Crippen LogP contribution in [0.2, 0.25) is 0 Å². The zero-order chi connectivity index (χ0) is 15.6. The first-order valence-corrected chi connectivity index (χ1v) is 8.88. The third-order valence-corrected chi connectivity index (χ3v) is 5.10. The summed E-state index contributed by atoms with van der Waals surface area (Å²) in [7, 11) is 0. The van der Waals surface area contributed by atoms with Crippen molar-refractivity contribution in [1.82, 2.24) is 9.97 Å². The fourth-order valence-electron chi connectivity index (χ4n) is 3.01. The van der Waals surface area contributed by atoms with Crippen LogP contribution >= 0.6 is 11.3 Å². The minimum atomic E-state index is 0.229. The monoisotopic (exact) mass is 325 g/mol. The summed E-state index contributed by atoms with van der Waals surface area (Å²) in [6.07, 6.45) is 2.50. The van der Waals surface area contributed by atoms with Crippen LogP contribution in [0.15, 0.2) is 41.8 Å². The van der Waals surface area contributed by atoms with Crippen molar-refractivity contribution in [1.29, 1.82) is 0 Å². The molecule has 2 unspecified atom stereocenters. The summed E-state index contributed by atoms with van der Waals surface area (Å²) in [4.78, 5) is 10.6. The Bertz CT molecular complexity index is 797. The van der Waals surface area contributed by atoms with Crippen LogP contribution in [0, 0.1) is 0 Å². The van der Waals surface area contributed by atoms with Gasteiger partial charge in [-0.2, -0.15) is 0 Å². The summed E-state index contributed by atoms with van der Waals surface area (Å²) < 4.78 is 5.80. The molecule has 1 saturated heterocycles. The predicted molar refractivity (Wildman–Crippen MR) is 94.9 cm³/mol. The van der Waals surface area contributed by atoms with E-state index < -0.39 is 0 Å². The van der Waals surface area contributed by atoms with E-state index in [1.165, 1.54) is 0 Å². The van der Waals surface area contributed by atoms with Gasteiger partial charge in [0.15, 0.2) is 5.82 Å². The molecular formula is C18H19N3OS. The molecule has 1 aliphatic rings. The van der Waals surface area contributed by atoms with Crippen molar-refractivity contribution in [2.24, 2.45) is 0 Å². The van der Waals surface area contributed by atoms with Crippen LogP contribution in [-0.4, -0.2) is 28.7 Å². The largest absolute Gasteiger partial charge is 0.376 e. The summed E-state index contributed by atoms with van der Waals surface area (Å²) >= 11 is 1.66. The van der Waals surface area contributed by atoms with Crippen molar-refractivity contribution in [3.8, 4) is 10.7 Å². The first kappa shape index (κ1) is 14.6. The summed E-state index contributed by atoms with van der Waals surface area (Å²) in [5, 5.41) is 6.66. The van der Waals surface area contributed by atoms with E-state index in [9.17, 15) is 0 Å². The van der Waals surface area contributed by atoms with Gasteiger partial charge in [-0.05, 0) is 43.3 Å². The molecule has 1 aliphatic heterocycles. The number of ether oxygens (including phenoxy) is 1. The van der Waals surface area contributed by atoms with Gasteiger partial charge >= 0.3 is 0 Å². The molecule has 0 aliphatic carbocycles. The van der Waals surface area contributed by atoms with Crippen molar-refractivity contribution in [2.75, 3.05) is 11.9 Å². The van der Waals surface area contributed by atoms with Crippen LogP contribution in [0.25, 0.3) is 21.6 Å². The maximum atomic E-state index is 5.80. The topological polar surface area (TPSA) is 47.0 Å². The summed E-state index contributed by atoms with van der Waals surface area (Å²) in [6.45, 7) is 3.03. The SMILES string of the molecule is CC(Nc1nc(-c2cccs2)nc2ccccc12)C1CCCO1. The van der Waals surface area contributed by atoms with E-state index in [0.717, 1.165) is 46.9 Å². The third kappa shape index (κ3) is 2.94. The zero-order valence-corrected chi connectivity index (χ0v) is 13.8. The second kappa shape index (κ2) is 6.26. The number of nitrogens with zero attached hydrogens (tertiary/aromatic N) is 2. The van der Waals surface area contributed by atoms with E-state index in [1.807, 2.05) is 24.3 Å². The number of hydrogen-bond acceptors (Lipinski definition) is 5. The maximum absolute atomic E-state index is 5.80. The molecule has 0 radical (unpaired) electrons. The first-order chi connectivity index (χ1) is 11.3. The number of nitrogens with one attached hydrogen (secondary N) is 1. The lowest BCUT2D eigenvalue weighted by Gasteiger charge is -2.21. The van der Waals surface area contributed by atoms with Crippen LogP contribution < -0.4 is 5.32 Å². The molecular weight excluding hydrogens is 306 g/mol. The molecule has 3 heterocycles. The van der Waals surface area contributed by atoms with Gasteiger partial charge in [0.2, 0.25) is 0 Å². The standard InChI is InChI=1S/C18H19N3OS/c1-12(15-8-4-10-22-15)19-17-13-6-2-3-7-14(13)20-18(21-17)16-9-5-11-23-16/h2-3,5-7,9,11-12,15H,4,8,10H2,1H3,(H,19,20,21). The molecule has 4 rings (SSSR count). The molecule has 0 saturated carbocycles. The second-order valence-electron chi connectivity index (χ2n) is 5.87. The van der Waals surface area contributed by atoms with E-state index in [-0.39, 0.29) is 12.1 Å². The molecule has 5 heteroatoms. The number of anilines is 1. The Hall–Kier alpha value is -1.98. The van der Waals surface area contributed by atoms with Crippen LogP contribution in [0.1, 0.15) is 19.8 Å². The molecule has 1 aromatic carbocycles. The van der Waals surface area contributed by atoms with Gasteiger partial charge in [0.1, 0.15) is 5.82 Å². The number of benzene rings is 1. The quantitative estimate of drug-likeness (QED) is 0.775. The van der Waals surface area contributed by atoms with Crippen molar-refractivity contribution in [3.05, 3.63) is 41.8 Å². The van der Waals surface area contributed by atoms with Crippen LogP contribution in [0.4, 0.5) is 5.82 Å². The Morgan fingerprint density at radius 1 is 1.22 bits per heavy atom. The van der Waals surface area contributed by atoms with E-state index in [4.69, 9.17) is 14.7 Å². The summed E-state index contributed by atoms with van der Waals surface area (Å²) in [5.74, 6) is 1.67. The fourth-order valence-corrected chi connectivity index (χ4v) is 3.67. The number of fused-ring (bicyclic) bond motifs is 1. The molecule has 1 N–H and O–H groups in total. The zero-order valence-electron chi connectivity index (χ0n) is 13.0. The Kier molecular flexibility index (Phi) is 3.97. The number of aromatic nitrogens is 2. The molecule has 2 atom stereocenters. The average molecular weight is 325 g/mol. The Morgan fingerprint density at radius 3 is 2.91 bits per heavy atom. The fraction of sp³-hybridized carbons (Fsp3) is 0.333. The number of para-hydroxylation sites is 1. The third-order valence-electron chi connectivity index (χ3n) is 4.23. The molecule has 2 aromatic heterocycles. The minimum Gasteiger partial charge on any atom is -0.376 e. The molecule has 118 valence electrons. The van der Waals surface area contributed by atoms with E-state index in [0.29, 0.717) is 0 Å². The van der Waals surface area contributed by atoms with Gasteiger partial charge in [-0.25, -0.2) is 9.97 Å². The lowest BCUT2D eigenvalue weighted by molar-refractivity contribution is 0.0996. The van der Waals surface area contributed by atoms with Crippen molar-refractivity contribution in [2.45, 2.75) is 31.9 Å². The molecule has 3 aromatic rings. The van der Waals surface area contributed by atoms with Gasteiger partial charge in [-0.15, -0.1) is 11.3 Å². The molecule has 0 bridgehead atoms. The molecule has 0 amide bonds. The average Bonchev–Trinajstić information content (AvgIpc) is 3.28. The lowest BCUT2D eigenvalue weighted by Crippen LogP contribution is -2.30. The highest BCUT2D eigenvalue weighted by atomic mass is 32.1. The number of hydrogen-bond donors (Lipinski definition) is 1. The predicted octanol–water partition coefficient (Wildman–Crippen LogP) is 4.34. The minimum absolute atomic E-state index is 0.229. The van der Waals surface area contributed by atoms with E-state index in [1.54, 1.807) is 11.3 Å². The van der Waals surface area contributed by atoms with E-state index in [2.05, 4.69) is 29.8 Å². The summed E-state index contributed by atoms with van der Waals surface area (Å²) in [6, 6.07) is 12.5. The van der Waals surface area contributed by atoms with Gasteiger partial charge < -0.3 is 10.1 Å². The first-order valence-electron chi connectivity index (χ1n) is 8.00. The molecule has 1 fully saturated rings. The van der Waals surface area contributed by atoms with Crippen LogP contribution in [-0.2, 0) is 4.74 Å². The lowest BCUT2D eigenvalue weighted by atomic mass is 10.1. The van der Waals surface area contributed by atoms with Crippen LogP contribution in [0.5, 0.6) is 0 Å². The highest BCUT2D eigenvalue weighted by Gasteiger charge is 2.23. The highest BCUT2D eigenvalue weighted by molar-refractivity contribution is 7.13. The van der Waals surface area contributed by atoms with Gasteiger partial charge in [0.25, 0.3) is 0 Å². The highest BCUT2D eigenvalue weighted by Crippen LogP contribution is 2.28. The summed E-state index contributed by atoms with van der Waals surface area (Å²) in [5.41, 5.74) is 0.966. The maximum Gasteiger partial charge on any atom is 0.172 e. The Labute approximate surface area is 139 Å². The Balaban J connectivity index is 1.74. The van der Waals surface area contributed by atoms with Crippen molar-refractivity contribution < 1.29 is 4.74 Å². The van der Waals surface area contributed by atoms with Gasteiger partial charge in [-0.1, -0.05) is 18.2 Å². The second-order valence-corrected chi connectivity index (χ2v) is 6.82. The van der Waals surface area contributed by atoms with Crippen molar-refractivity contribution in [3.63, 3.8) is 0 Å². The number of rotatable bonds is 4. The Morgan fingerprint density at radius 2 is 2.13 bits per heavy atom. The normalized spacial score (nSPS) is 19.1.